The summed E-state index contributed by atoms with van der Waals surface area (Å²) in [5, 5.41) is 10.8. The van der Waals surface area contributed by atoms with Crippen LogP contribution in [0.4, 0.5) is 5.69 Å². The zero-order valence-corrected chi connectivity index (χ0v) is 19.1. The second kappa shape index (κ2) is 9.93. The summed E-state index contributed by atoms with van der Waals surface area (Å²) in [4.78, 5) is 33.5. The van der Waals surface area contributed by atoms with E-state index in [0.29, 0.717) is 28.1 Å². The lowest BCUT2D eigenvalue weighted by molar-refractivity contribution is -0.113. The molecule has 172 valence electrons. The summed E-state index contributed by atoms with van der Waals surface area (Å²) in [7, 11) is 0. The number of fused-ring (bicyclic) bond motifs is 1. The number of pyridine rings is 1. The van der Waals surface area contributed by atoms with Crippen LogP contribution in [-0.4, -0.2) is 39.5 Å². The number of esters is 1. The number of thiophene rings is 1. The van der Waals surface area contributed by atoms with Crippen molar-refractivity contribution in [2.24, 2.45) is 0 Å². The lowest BCUT2D eigenvalue weighted by Gasteiger charge is -2.08. The minimum Gasteiger partial charge on any atom is -0.454 e. The molecule has 0 fully saturated rings. The number of thioether (sulfide) groups is 1. The number of nitrogens with one attached hydrogen (secondary N) is 1. The first-order chi connectivity index (χ1) is 16.7. The average molecular weight is 497 g/mol. The molecule has 10 nitrogen and oxygen atoms in total. The molecule has 1 aliphatic heterocycles. The molecule has 0 atom stereocenters. The predicted molar refractivity (Wildman–Crippen MR) is 123 cm³/mol. The number of aromatic nitrogens is 3. The van der Waals surface area contributed by atoms with Gasteiger partial charge < -0.3 is 24.1 Å². The van der Waals surface area contributed by atoms with Crippen molar-refractivity contribution in [3.05, 3.63) is 64.7 Å². The van der Waals surface area contributed by atoms with E-state index in [1.54, 1.807) is 36.5 Å². The van der Waals surface area contributed by atoms with Crippen LogP contribution in [0.5, 0.6) is 11.5 Å². The van der Waals surface area contributed by atoms with E-state index >= 15 is 0 Å². The van der Waals surface area contributed by atoms with Gasteiger partial charge in [0.15, 0.2) is 18.1 Å². The third-order valence-electron chi connectivity index (χ3n) is 4.56. The van der Waals surface area contributed by atoms with E-state index in [0.717, 1.165) is 17.3 Å². The fourth-order valence-electron chi connectivity index (χ4n) is 2.99. The first kappa shape index (κ1) is 21.9. The van der Waals surface area contributed by atoms with Crippen LogP contribution >= 0.6 is 23.1 Å². The molecular formula is C22H16N4O6S2. The fraction of sp³-hybridized carbons (Fsp3) is 0.136. The molecule has 4 aromatic rings. The minimum atomic E-state index is -0.603. The van der Waals surface area contributed by atoms with Crippen LogP contribution in [0.15, 0.2) is 62.9 Å². The largest absolute Gasteiger partial charge is 0.454 e. The van der Waals surface area contributed by atoms with E-state index in [2.05, 4.69) is 20.4 Å². The van der Waals surface area contributed by atoms with Crippen molar-refractivity contribution < 1.29 is 28.3 Å². The van der Waals surface area contributed by atoms with Crippen molar-refractivity contribution >= 4 is 40.7 Å². The van der Waals surface area contributed by atoms with Crippen molar-refractivity contribution in [2.45, 2.75) is 11.6 Å². The number of amides is 1. The fourth-order valence-corrected chi connectivity index (χ4v) is 4.40. The molecule has 0 saturated heterocycles. The standard InChI is InChI=1S/C22H16N4O6S2/c27-19(24-14-3-4-16-17(8-14)31-12-30-16)11-34-21-15(2-1-6-23-21)22(28)29-9-18-25-20(32-26-18)13-5-7-33-10-13/h1-8,10H,9,11-12H2,(H,24,27). The van der Waals surface area contributed by atoms with Gasteiger partial charge in [0.1, 0.15) is 5.03 Å². The number of carbonyl (C=O) groups is 2. The molecule has 0 aliphatic carbocycles. The Morgan fingerprint density at radius 1 is 1.18 bits per heavy atom. The summed E-state index contributed by atoms with van der Waals surface area (Å²) in [5.74, 6) is 0.988. The molecule has 0 bridgehead atoms. The summed E-state index contributed by atoms with van der Waals surface area (Å²) in [5.41, 5.74) is 1.63. The van der Waals surface area contributed by atoms with Crippen LogP contribution in [0.3, 0.4) is 0 Å². The van der Waals surface area contributed by atoms with E-state index in [9.17, 15) is 9.59 Å². The lowest BCUT2D eigenvalue weighted by Crippen LogP contribution is -2.15. The van der Waals surface area contributed by atoms with Crippen LogP contribution in [0.25, 0.3) is 11.5 Å². The Balaban J connectivity index is 1.17. The number of anilines is 1. The van der Waals surface area contributed by atoms with Gasteiger partial charge in [-0.05, 0) is 35.7 Å². The van der Waals surface area contributed by atoms with E-state index in [-0.39, 0.29) is 36.4 Å². The van der Waals surface area contributed by atoms with Crippen LogP contribution in [0, 0.1) is 0 Å². The van der Waals surface area contributed by atoms with Crippen molar-refractivity contribution in [3.63, 3.8) is 0 Å². The van der Waals surface area contributed by atoms with E-state index < -0.39 is 5.97 Å². The number of rotatable bonds is 8. The Labute approximate surface area is 201 Å². The van der Waals surface area contributed by atoms with Gasteiger partial charge in [-0.15, -0.1) is 0 Å². The molecular weight excluding hydrogens is 480 g/mol. The van der Waals surface area contributed by atoms with Gasteiger partial charge >= 0.3 is 5.97 Å². The third kappa shape index (κ3) is 5.02. The van der Waals surface area contributed by atoms with Gasteiger partial charge in [0.25, 0.3) is 5.89 Å². The Bertz CT molecular complexity index is 1320. The maximum Gasteiger partial charge on any atom is 0.341 e. The molecule has 0 radical (unpaired) electrons. The van der Waals surface area contributed by atoms with Crippen molar-refractivity contribution in [1.82, 2.24) is 15.1 Å². The van der Waals surface area contributed by atoms with Crippen LogP contribution in [0.1, 0.15) is 16.2 Å². The highest BCUT2D eigenvalue weighted by atomic mass is 32.2. The molecule has 5 rings (SSSR count). The summed E-state index contributed by atoms with van der Waals surface area (Å²) in [6, 6.07) is 10.2. The number of nitrogens with zero attached hydrogens (tertiary/aromatic N) is 3. The van der Waals surface area contributed by atoms with Gasteiger partial charge in [-0.2, -0.15) is 16.3 Å². The molecule has 1 amide bonds. The topological polar surface area (TPSA) is 126 Å². The smallest absolute Gasteiger partial charge is 0.341 e. The summed E-state index contributed by atoms with van der Waals surface area (Å²) in [6.07, 6.45) is 1.54. The van der Waals surface area contributed by atoms with Crippen LogP contribution < -0.4 is 14.8 Å². The molecule has 1 aliphatic rings. The first-order valence-corrected chi connectivity index (χ1v) is 11.9. The van der Waals surface area contributed by atoms with Gasteiger partial charge in [-0.1, -0.05) is 16.9 Å². The first-order valence-electron chi connectivity index (χ1n) is 9.95. The second-order valence-electron chi connectivity index (χ2n) is 6.86. The van der Waals surface area contributed by atoms with E-state index in [4.69, 9.17) is 18.7 Å². The minimum absolute atomic E-state index is 0.0422. The number of hydrogen-bond donors (Lipinski definition) is 1. The quantitative estimate of drug-likeness (QED) is 0.282. The molecule has 0 unspecified atom stereocenters. The molecule has 1 N–H and O–H groups in total. The number of carbonyl (C=O) groups excluding carboxylic acids is 2. The summed E-state index contributed by atoms with van der Waals surface area (Å²) < 4.78 is 21.1. The van der Waals surface area contributed by atoms with Crippen molar-refractivity contribution in [3.8, 4) is 23.0 Å². The maximum absolute atomic E-state index is 12.6. The van der Waals surface area contributed by atoms with E-state index in [1.165, 1.54) is 11.3 Å². The Morgan fingerprint density at radius 2 is 2.09 bits per heavy atom. The molecule has 34 heavy (non-hydrogen) atoms. The van der Waals surface area contributed by atoms with Gasteiger partial charge in [0.05, 0.1) is 16.9 Å². The van der Waals surface area contributed by atoms with Gasteiger partial charge in [0, 0.05) is 23.3 Å². The Hall–Kier alpha value is -3.90. The normalized spacial score (nSPS) is 11.9. The Kier molecular flexibility index (Phi) is 6.40. The zero-order valence-electron chi connectivity index (χ0n) is 17.4. The molecule has 12 heteroatoms. The summed E-state index contributed by atoms with van der Waals surface area (Å²) in [6.45, 7) is -0.000315. The van der Waals surface area contributed by atoms with Crippen molar-refractivity contribution in [1.29, 1.82) is 0 Å². The summed E-state index contributed by atoms with van der Waals surface area (Å²) >= 11 is 2.63. The highest BCUT2D eigenvalue weighted by Gasteiger charge is 2.18. The third-order valence-corrected chi connectivity index (χ3v) is 6.24. The molecule has 1 aromatic carbocycles. The van der Waals surface area contributed by atoms with Crippen LogP contribution in [-0.2, 0) is 16.1 Å². The molecule has 0 saturated carbocycles. The zero-order chi connectivity index (χ0) is 23.3. The van der Waals surface area contributed by atoms with E-state index in [1.807, 2.05) is 16.8 Å². The highest BCUT2D eigenvalue weighted by Crippen LogP contribution is 2.34. The van der Waals surface area contributed by atoms with Crippen molar-refractivity contribution in [2.75, 3.05) is 17.9 Å². The van der Waals surface area contributed by atoms with Gasteiger partial charge in [-0.3, -0.25) is 4.79 Å². The van der Waals surface area contributed by atoms with Gasteiger partial charge in [0.2, 0.25) is 18.5 Å². The second-order valence-corrected chi connectivity index (χ2v) is 8.61. The maximum atomic E-state index is 12.6. The number of benzene rings is 1. The number of ether oxygens (including phenoxy) is 3. The number of hydrogen-bond acceptors (Lipinski definition) is 11. The Morgan fingerprint density at radius 3 is 2.97 bits per heavy atom. The lowest BCUT2D eigenvalue weighted by atomic mass is 10.3. The molecule has 4 heterocycles. The molecule has 3 aromatic heterocycles. The predicted octanol–water partition coefficient (Wildman–Crippen LogP) is 4.01. The average Bonchev–Trinajstić information content (AvgIpc) is 3.62. The molecule has 0 spiro atoms. The highest BCUT2D eigenvalue weighted by molar-refractivity contribution is 8.00. The van der Waals surface area contributed by atoms with Crippen LogP contribution in [0.2, 0.25) is 0 Å². The van der Waals surface area contributed by atoms with Gasteiger partial charge in [-0.25, -0.2) is 9.78 Å². The SMILES string of the molecule is O=C(CSc1ncccc1C(=O)OCc1noc(-c2ccsc2)n1)Nc1ccc2c(c1)OCO2. The monoisotopic (exact) mass is 496 g/mol.